The van der Waals surface area contributed by atoms with Crippen molar-refractivity contribution in [2.45, 2.75) is 37.5 Å². The van der Waals surface area contributed by atoms with Crippen LogP contribution in [0.2, 0.25) is 0 Å². The summed E-state index contributed by atoms with van der Waals surface area (Å²) in [5, 5.41) is 0. The fraction of sp³-hybridized carbons (Fsp3) is 0.889. The summed E-state index contributed by atoms with van der Waals surface area (Å²) in [6, 6.07) is 0. The van der Waals surface area contributed by atoms with Gasteiger partial charge in [-0.25, -0.2) is 0 Å². The van der Waals surface area contributed by atoms with E-state index in [0.717, 1.165) is 25.9 Å². The maximum atomic E-state index is 12.5. The summed E-state index contributed by atoms with van der Waals surface area (Å²) in [6.45, 7) is 0.796. The molecule has 0 spiro atoms. The first-order chi connectivity index (χ1) is 9.08. The standard InChI is InChI=1S/C9H14F6NO4P/c1-5(7(17)16(2)3)21(18,19)20-6(9(13,14)15)4-8(10,11)12/h5-6H,4H2,1-3H3,(H,18,19). The van der Waals surface area contributed by atoms with Gasteiger partial charge in [-0.2, -0.15) is 26.3 Å². The van der Waals surface area contributed by atoms with Crippen molar-refractivity contribution in [1.82, 2.24) is 4.90 Å². The smallest absolute Gasteiger partial charge is 0.348 e. The summed E-state index contributed by atoms with van der Waals surface area (Å²) in [6.07, 6.45) is -16.8. The second kappa shape index (κ2) is 6.53. The summed E-state index contributed by atoms with van der Waals surface area (Å²) >= 11 is 0. The van der Waals surface area contributed by atoms with Crippen molar-refractivity contribution in [3.63, 3.8) is 0 Å². The van der Waals surface area contributed by atoms with E-state index in [0.29, 0.717) is 0 Å². The third kappa shape index (κ3) is 6.66. The zero-order valence-corrected chi connectivity index (χ0v) is 12.1. The van der Waals surface area contributed by atoms with Gasteiger partial charge in [0.05, 0.1) is 6.42 Å². The van der Waals surface area contributed by atoms with Crippen LogP contribution in [0.5, 0.6) is 0 Å². The van der Waals surface area contributed by atoms with Gasteiger partial charge in [-0.1, -0.05) is 0 Å². The number of hydrogen-bond acceptors (Lipinski definition) is 3. The van der Waals surface area contributed by atoms with E-state index in [1.807, 2.05) is 0 Å². The Labute approximate surface area is 116 Å². The molecule has 0 aromatic rings. The third-order valence-electron chi connectivity index (χ3n) is 2.35. The van der Waals surface area contributed by atoms with E-state index < -0.39 is 44.0 Å². The predicted octanol–water partition coefficient (Wildman–Crippen LogP) is 2.55. The van der Waals surface area contributed by atoms with Gasteiger partial charge in [0.1, 0.15) is 5.66 Å². The number of amides is 1. The van der Waals surface area contributed by atoms with Crippen LogP contribution in [0.15, 0.2) is 0 Å². The number of carbonyl (C=O) groups excluding carboxylic acids is 1. The van der Waals surface area contributed by atoms with Crippen molar-refractivity contribution in [1.29, 1.82) is 0 Å². The van der Waals surface area contributed by atoms with Crippen LogP contribution < -0.4 is 0 Å². The maximum Gasteiger partial charge on any atom is 0.415 e. The van der Waals surface area contributed by atoms with Crippen molar-refractivity contribution in [2.75, 3.05) is 14.1 Å². The van der Waals surface area contributed by atoms with Crippen LogP contribution in [0.4, 0.5) is 26.3 Å². The zero-order valence-electron chi connectivity index (χ0n) is 11.2. The molecule has 0 saturated carbocycles. The molecule has 0 fully saturated rings. The molecule has 0 heterocycles. The Bertz CT molecular complexity index is 421. The van der Waals surface area contributed by atoms with Gasteiger partial charge in [-0.05, 0) is 6.92 Å². The van der Waals surface area contributed by atoms with Gasteiger partial charge in [-0.3, -0.25) is 13.9 Å². The Kier molecular flexibility index (Phi) is 6.28. The van der Waals surface area contributed by atoms with E-state index in [1.54, 1.807) is 0 Å². The Morgan fingerprint density at radius 1 is 1.24 bits per heavy atom. The summed E-state index contributed by atoms with van der Waals surface area (Å²) in [5.74, 6) is -1.05. The van der Waals surface area contributed by atoms with Crippen LogP contribution >= 0.6 is 7.60 Å². The summed E-state index contributed by atoms with van der Waals surface area (Å²) < 4.78 is 88.9. The zero-order chi connectivity index (χ0) is 17.2. The highest BCUT2D eigenvalue weighted by Gasteiger charge is 2.52. The molecule has 0 aliphatic carbocycles. The van der Waals surface area contributed by atoms with E-state index in [-0.39, 0.29) is 0 Å². The number of nitrogens with zero attached hydrogens (tertiary/aromatic N) is 1. The Morgan fingerprint density at radius 3 is 1.95 bits per heavy atom. The largest absolute Gasteiger partial charge is 0.415 e. The molecule has 0 aliphatic heterocycles. The third-order valence-corrected chi connectivity index (χ3v) is 4.10. The van der Waals surface area contributed by atoms with Crippen LogP contribution in [0.3, 0.4) is 0 Å². The number of rotatable bonds is 5. The van der Waals surface area contributed by atoms with E-state index in [9.17, 15) is 40.6 Å². The van der Waals surface area contributed by atoms with Crippen molar-refractivity contribution in [3.05, 3.63) is 0 Å². The van der Waals surface area contributed by atoms with E-state index in [4.69, 9.17) is 0 Å². The summed E-state index contributed by atoms with van der Waals surface area (Å²) in [7, 11) is -2.92. The highest BCUT2D eigenvalue weighted by atomic mass is 31.2. The minimum Gasteiger partial charge on any atom is -0.348 e. The van der Waals surface area contributed by atoms with Gasteiger partial charge in [0, 0.05) is 14.1 Å². The SMILES string of the molecule is CC(C(=O)N(C)C)P(=O)(O)OC(CC(F)(F)F)C(F)(F)F. The van der Waals surface area contributed by atoms with Gasteiger partial charge >= 0.3 is 19.9 Å². The van der Waals surface area contributed by atoms with E-state index in [2.05, 4.69) is 4.52 Å². The normalized spacial score (nSPS) is 18.8. The van der Waals surface area contributed by atoms with Crippen molar-refractivity contribution < 1.29 is 45.1 Å². The first-order valence-electron chi connectivity index (χ1n) is 5.43. The van der Waals surface area contributed by atoms with Gasteiger partial charge in [0.2, 0.25) is 5.91 Å². The second-order valence-corrected chi connectivity index (χ2v) is 6.54. The number of alkyl halides is 6. The molecule has 0 aliphatic rings. The monoisotopic (exact) mass is 345 g/mol. The molecule has 0 rings (SSSR count). The van der Waals surface area contributed by atoms with Gasteiger partial charge in [-0.15, -0.1) is 0 Å². The number of halogens is 6. The molecule has 0 saturated heterocycles. The molecule has 1 N–H and O–H groups in total. The molecule has 21 heavy (non-hydrogen) atoms. The minimum absolute atomic E-state index is 0.796. The van der Waals surface area contributed by atoms with Crippen LogP contribution in [0, 0.1) is 0 Å². The van der Waals surface area contributed by atoms with E-state index in [1.165, 1.54) is 0 Å². The molecule has 0 radical (unpaired) electrons. The lowest BCUT2D eigenvalue weighted by atomic mass is 10.2. The van der Waals surface area contributed by atoms with Gasteiger partial charge in [0.25, 0.3) is 0 Å². The van der Waals surface area contributed by atoms with Crippen molar-refractivity contribution in [3.8, 4) is 0 Å². The number of hydrogen-bond donors (Lipinski definition) is 1. The first-order valence-corrected chi connectivity index (χ1v) is 7.08. The topological polar surface area (TPSA) is 66.8 Å². The molecule has 12 heteroatoms. The highest BCUT2D eigenvalue weighted by Crippen LogP contribution is 2.52. The van der Waals surface area contributed by atoms with Crippen molar-refractivity contribution >= 4 is 13.5 Å². The summed E-state index contributed by atoms with van der Waals surface area (Å²) in [4.78, 5) is 21.6. The van der Waals surface area contributed by atoms with Crippen molar-refractivity contribution in [2.24, 2.45) is 0 Å². The molecular weight excluding hydrogens is 331 g/mol. The molecular formula is C9H14F6NO4P. The Morgan fingerprint density at radius 2 is 1.67 bits per heavy atom. The second-order valence-electron chi connectivity index (χ2n) is 4.43. The number of carbonyl (C=O) groups is 1. The van der Waals surface area contributed by atoms with Crippen LogP contribution in [-0.2, 0) is 13.9 Å². The van der Waals surface area contributed by atoms with Gasteiger partial charge in [0.15, 0.2) is 6.10 Å². The lowest BCUT2D eigenvalue weighted by molar-refractivity contribution is -0.235. The van der Waals surface area contributed by atoms with E-state index >= 15 is 0 Å². The molecule has 5 nitrogen and oxygen atoms in total. The minimum atomic E-state index is -5.51. The molecule has 0 aromatic heterocycles. The first kappa shape index (κ1) is 20.2. The fourth-order valence-electron chi connectivity index (χ4n) is 1.21. The Balaban J connectivity index is 5.24. The fourth-order valence-corrected chi connectivity index (χ4v) is 2.46. The Hall–Kier alpha value is -0.800. The van der Waals surface area contributed by atoms with Crippen LogP contribution in [-0.4, -0.2) is 53.9 Å². The molecule has 126 valence electrons. The average Bonchev–Trinajstić information content (AvgIpc) is 2.22. The summed E-state index contributed by atoms with van der Waals surface area (Å²) in [5.41, 5.74) is -1.93. The van der Waals surface area contributed by atoms with Gasteiger partial charge < -0.3 is 9.79 Å². The highest BCUT2D eigenvalue weighted by molar-refractivity contribution is 7.54. The van der Waals surface area contributed by atoms with Crippen LogP contribution in [0.1, 0.15) is 13.3 Å². The molecule has 0 bridgehead atoms. The quantitative estimate of drug-likeness (QED) is 0.614. The molecule has 0 aromatic carbocycles. The predicted molar refractivity (Wildman–Crippen MR) is 59.6 cm³/mol. The molecule has 1 amide bonds. The molecule has 3 atom stereocenters. The van der Waals surface area contributed by atoms with Crippen LogP contribution in [0.25, 0.3) is 0 Å². The molecule has 3 unspecified atom stereocenters. The lowest BCUT2D eigenvalue weighted by Gasteiger charge is -2.27. The maximum absolute atomic E-state index is 12.5. The lowest BCUT2D eigenvalue weighted by Crippen LogP contribution is -2.38. The average molecular weight is 345 g/mol.